The van der Waals surface area contributed by atoms with Gasteiger partial charge in [-0.25, -0.2) is 4.98 Å². The Bertz CT molecular complexity index is 1190. The molecular formula is C27H29N3OS2. The molecule has 0 radical (unpaired) electrons. The third-order valence-corrected chi connectivity index (χ3v) is 9.16. The van der Waals surface area contributed by atoms with Crippen molar-refractivity contribution in [1.82, 2.24) is 10.3 Å². The van der Waals surface area contributed by atoms with Gasteiger partial charge >= 0.3 is 0 Å². The second-order valence-electron chi connectivity index (χ2n) is 10.7. The van der Waals surface area contributed by atoms with E-state index in [9.17, 15) is 4.79 Å². The summed E-state index contributed by atoms with van der Waals surface area (Å²) in [5, 5.41) is 7.51. The van der Waals surface area contributed by atoms with Crippen molar-refractivity contribution in [3.63, 3.8) is 0 Å². The third kappa shape index (κ3) is 4.31. The third-order valence-electron chi connectivity index (χ3n) is 7.89. The average molecular weight is 476 g/mol. The van der Waals surface area contributed by atoms with Gasteiger partial charge in [-0.15, -0.1) is 11.3 Å². The van der Waals surface area contributed by atoms with Crippen LogP contribution in [-0.4, -0.2) is 16.0 Å². The Morgan fingerprint density at radius 3 is 2.39 bits per heavy atom. The van der Waals surface area contributed by atoms with Crippen LogP contribution in [0.4, 0.5) is 5.69 Å². The number of thiazole rings is 1. The van der Waals surface area contributed by atoms with Gasteiger partial charge in [0, 0.05) is 17.7 Å². The molecule has 0 saturated heterocycles. The summed E-state index contributed by atoms with van der Waals surface area (Å²) in [7, 11) is 0. The number of hydrogen-bond donors (Lipinski definition) is 2. The van der Waals surface area contributed by atoms with Crippen molar-refractivity contribution in [1.29, 1.82) is 0 Å². The molecular weight excluding hydrogens is 446 g/mol. The van der Waals surface area contributed by atoms with Crippen LogP contribution in [0.2, 0.25) is 0 Å². The quantitative estimate of drug-likeness (QED) is 0.413. The van der Waals surface area contributed by atoms with Gasteiger partial charge in [-0.05, 0) is 123 Å². The zero-order valence-corrected chi connectivity index (χ0v) is 20.5. The number of benzene rings is 2. The van der Waals surface area contributed by atoms with E-state index in [-0.39, 0.29) is 11.3 Å². The van der Waals surface area contributed by atoms with Gasteiger partial charge in [-0.3, -0.25) is 4.79 Å². The summed E-state index contributed by atoms with van der Waals surface area (Å²) >= 11 is 7.16. The lowest BCUT2D eigenvalue weighted by Gasteiger charge is -2.56. The average Bonchev–Trinajstić information content (AvgIpc) is 3.15. The SMILES string of the molecule is Cc1ccc2nc(-c3ccc(NC(=S)NC(=O)CC45CC6CC(CC(C6)C4)C5)cc3)sc2c1. The van der Waals surface area contributed by atoms with Gasteiger partial charge in [0.2, 0.25) is 5.91 Å². The minimum atomic E-state index is 0.0656. The Morgan fingerprint density at radius 2 is 1.73 bits per heavy atom. The summed E-state index contributed by atoms with van der Waals surface area (Å²) in [5.41, 5.74) is 4.46. The Morgan fingerprint density at radius 1 is 1.06 bits per heavy atom. The van der Waals surface area contributed by atoms with E-state index >= 15 is 0 Å². The predicted molar refractivity (Wildman–Crippen MR) is 139 cm³/mol. The van der Waals surface area contributed by atoms with Crippen LogP contribution >= 0.6 is 23.6 Å². The number of nitrogens with zero attached hydrogens (tertiary/aromatic N) is 1. The fraction of sp³-hybridized carbons (Fsp3) is 0.444. The lowest BCUT2D eigenvalue weighted by atomic mass is 9.49. The van der Waals surface area contributed by atoms with Crippen LogP contribution in [0.25, 0.3) is 20.8 Å². The Kier molecular flexibility index (Phi) is 5.26. The molecule has 0 unspecified atom stereocenters. The zero-order valence-electron chi connectivity index (χ0n) is 18.9. The van der Waals surface area contributed by atoms with Crippen LogP contribution in [0.1, 0.15) is 50.5 Å². The van der Waals surface area contributed by atoms with Crippen molar-refractivity contribution in [2.45, 2.75) is 51.9 Å². The van der Waals surface area contributed by atoms with E-state index in [0.717, 1.165) is 39.5 Å². The minimum absolute atomic E-state index is 0.0656. The number of carbonyl (C=O) groups is 1. The highest BCUT2D eigenvalue weighted by Crippen LogP contribution is 2.61. The first-order valence-corrected chi connectivity index (χ1v) is 13.2. The van der Waals surface area contributed by atoms with Crippen molar-refractivity contribution >= 4 is 50.5 Å². The molecule has 0 aliphatic heterocycles. The minimum Gasteiger partial charge on any atom is -0.332 e. The highest BCUT2D eigenvalue weighted by Gasteiger charge is 2.51. The topological polar surface area (TPSA) is 54.0 Å². The number of aromatic nitrogens is 1. The standard InChI is InChI=1S/C27H29N3OS2/c1-16-2-7-22-23(8-16)33-25(29-22)20-3-5-21(6-4-20)28-26(32)30-24(31)15-27-12-17-9-18(13-27)11-19(10-17)14-27/h2-8,17-19H,9-15H2,1H3,(H2,28,30,31,32). The molecule has 170 valence electrons. The van der Waals surface area contributed by atoms with Gasteiger partial charge in [0.1, 0.15) is 5.01 Å². The van der Waals surface area contributed by atoms with Crippen molar-refractivity contribution in [3.8, 4) is 10.6 Å². The van der Waals surface area contributed by atoms with Gasteiger partial charge in [0.05, 0.1) is 10.2 Å². The second kappa shape index (κ2) is 8.17. The maximum absolute atomic E-state index is 12.8. The zero-order chi connectivity index (χ0) is 22.6. The number of hydrogen-bond acceptors (Lipinski definition) is 4. The van der Waals surface area contributed by atoms with E-state index in [1.807, 2.05) is 24.3 Å². The highest BCUT2D eigenvalue weighted by atomic mass is 32.1. The smallest absolute Gasteiger partial charge is 0.226 e. The number of amides is 1. The molecule has 4 fully saturated rings. The van der Waals surface area contributed by atoms with Crippen molar-refractivity contribution < 1.29 is 4.79 Å². The van der Waals surface area contributed by atoms with E-state index in [1.165, 1.54) is 48.8 Å². The number of fused-ring (bicyclic) bond motifs is 1. The number of rotatable bonds is 4. The normalized spacial score (nSPS) is 27.6. The van der Waals surface area contributed by atoms with Crippen molar-refractivity contribution in [2.75, 3.05) is 5.32 Å². The lowest BCUT2D eigenvalue weighted by molar-refractivity contribution is -0.127. The van der Waals surface area contributed by atoms with Gasteiger partial charge in [0.15, 0.2) is 5.11 Å². The number of aryl methyl sites for hydroxylation is 1. The number of nitrogens with one attached hydrogen (secondary N) is 2. The van der Waals surface area contributed by atoms with Gasteiger partial charge in [-0.1, -0.05) is 6.07 Å². The first-order valence-electron chi connectivity index (χ1n) is 12.0. The number of thiocarbonyl (C=S) groups is 1. The summed E-state index contributed by atoms with van der Waals surface area (Å²) in [6.45, 7) is 2.10. The molecule has 2 aromatic carbocycles. The first-order chi connectivity index (χ1) is 15.9. The van der Waals surface area contributed by atoms with Gasteiger partial charge in [0.25, 0.3) is 0 Å². The first kappa shape index (κ1) is 21.2. The number of carbonyl (C=O) groups excluding carboxylic acids is 1. The summed E-state index contributed by atoms with van der Waals surface area (Å²) in [4.78, 5) is 17.6. The molecule has 4 bridgehead atoms. The highest BCUT2D eigenvalue weighted by molar-refractivity contribution is 7.80. The Labute approximate surface area is 204 Å². The van der Waals surface area contributed by atoms with E-state index in [4.69, 9.17) is 17.2 Å². The molecule has 4 saturated carbocycles. The molecule has 0 spiro atoms. The Hall–Kier alpha value is -2.31. The molecule has 0 atom stereocenters. The molecule has 4 nitrogen and oxygen atoms in total. The van der Waals surface area contributed by atoms with Crippen LogP contribution in [0.3, 0.4) is 0 Å². The van der Waals surface area contributed by atoms with Crippen molar-refractivity contribution in [2.24, 2.45) is 23.2 Å². The molecule has 2 N–H and O–H groups in total. The number of anilines is 1. The molecule has 3 aromatic rings. The van der Waals surface area contributed by atoms with Crippen LogP contribution in [0, 0.1) is 30.1 Å². The summed E-state index contributed by atoms with van der Waals surface area (Å²) < 4.78 is 1.20. The molecule has 4 aliphatic carbocycles. The van der Waals surface area contributed by atoms with Gasteiger partial charge < -0.3 is 10.6 Å². The Balaban J connectivity index is 1.07. The molecule has 1 amide bonds. The molecule has 6 heteroatoms. The van der Waals surface area contributed by atoms with E-state index in [0.29, 0.717) is 11.5 Å². The monoisotopic (exact) mass is 475 g/mol. The van der Waals surface area contributed by atoms with Crippen molar-refractivity contribution in [3.05, 3.63) is 48.0 Å². The summed E-state index contributed by atoms with van der Waals surface area (Å²) in [6.07, 6.45) is 8.51. The largest absolute Gasteiger partial charge is 0.332 e. The van der Waals surface area contributed by atoms with E-state index < -0.39 is 0 Å². The van der Waals surface area contributed by atoms with E-state index in [2.05, 4.69) is 35.8 Å². The predicted octanol–water partition coefficient (Wildman–Crippen LogP) is 6.69. The molecule has 1 aromatic heterocycles. The van der Waals surface area contributed by atoms with Gasteiger partial charge in [-0.2, -0.15) is 0 Å². The maximum Gasteiger partial charge on any atom is 0.226 e. The molecule has 1 heterocycles. The fourth-order valence-electron chi connectivity index (χ4n) is 7.03. The van der Waals surface area contributed by atoms with E-state index in [1.54, 1.807) is 11.3 Å². The molecule has 33 heavy (non-hydrogen) atoms. The molecule has 7 rings (SSSR count). The summed E-state index contributed by atoms with van der Waals surface area (Å²) in [6, 6.07) is 14.4. The fourth-order valence-corrected chi connectivity index (χ4v) is 8.33. The van der Waals surface area contributed by atoms with Crippen LogP contribution in [-0.2, 0) is 4.79 Å². The summed E-state index contributed by atoms with van der Waals surface area (Å²) in [5.74, 6) is 2.63. The molecule has 4 aliphatic rings. The lowest BCUT2D eigenvalue weighted by Crippen LogP contribution is -2.48. The van der Waals surface area contributed by atoms with Crippen LogP contribution in [0.15, 0.2) is 42.5 Å². The van der Waals surface area contributed by atoms with Crippen LogP contribution < -0.4 is 10.6 Å². The van der Waals surface area contributed by atoms with Crippen LogP contribution in [0.5, 0.6) is 0 Å². The maximum atomic E-state index is 12.8. The second-order valence-corrected chi connectivity index (χ2v) is 12.1.